The molecule has 26 heavy (non-hydrogen) atoms. The number of imidazole rings is 1. The van der Waals surface area contributed by atoms with E-state index in [9.17, 15) is 4.79 Å². The van der Waals surface area contributed by atoms with Crippen LogP contribution in [0.3, 0.4) is 0 Å². The number of carbonyl (C=O) groups excluding carboxylic acids is 1. The lowest BCUT2D eigenvalue weighted by Gasteiger charge is -2.22. The van der Waals surface area contributed by atoms with Crippen LogP contribution in [-0.4, -0.2) is 40.1 Å². The number of amides is 1. The lowest BCUT2D eigenvalue weighted by atomic mass is 10.1. The zero-order valence-electron chi connectivity index (χ0n) is 14.3. The molecule has 2 aromatic heterocycles. The highest BCUT2D eigenvalue weighted by atomic mass is 16.5. The second kappa shape index (κ2) is 7.10. The number of hydrogen-bond donors (Lipinski definition) is 2. The SMILES string of the molecule is N#Cc1ccc2ncc3[nH]c(CC(=O)NCC4CCCCO4)nc3c2c1. The maximum Gasteiger partial charge on any atom is 0.227 e. The van der Waals surface area contributed by atoms with Crippen molar-refractivity contribution >= 4 is 27.8 Å². The van der Waals surface area contributed by atoms with Crippen LogP contribution in [0.4, 0.5) is 0 Å². The maximum atomic E-state index is 12.2. The van der Waals surface area contributed by atoms with Crippen molar-refractivity contribution in [1.82, 2.24) is 20.3 Å². The number of fused-ring (bicyclic) bond motifs is 3. The summed E-state index contributed by atoms with van der Waals surface area (Å²) in [6.07, 6.45) is 5.22. The van der Waals surface area contributed by atoms with E-state index in [-0.39, 0.29) is 18.4 Å². The van der Waals surface area contributed by atoms with Gasteiger partial charge in [0.2, 0.25) is 5.91 Å². The molecule has 1 aliphatic rings. The molecule has 1 atom stereocenters. The van der Waals surface area contributed by atoms with Gasteiger partial charge in [0.05, 0.1) is 46.9 Å². The molecule has 1 aliphatic heterocycles. The highest BCUT2D eigenvalue weighted by Gasteiger charge is 2.16. The van der Waals surface area contributed by atoms with Crippen LogP contribution in [0.2, 0.25) is 0 Å². The molecule has 0 bridgehead atoms. The minimum Gasteiger partial charge on any atom is -0.376 e. The van der Waals surface area contributed by atoms with E-state index in [1.807, 2.05) is 0 Å². The molecular formula is C19H19N5O2. The molecule has 1 aromatic carbocycles. The highest BCUT2D eigenvalue weighted by Crippen LogP contribution is 2.23. The van der Waals surface area contributed by atoms with Crippen molar-refractivity contribution in [2.75, 3.05) is 13.2 Å². The molecule has 0 aliphatic carbocycles. The van der Waals surface area contributed by atoms with Crippen molar-refractivity contribution in [2.24, 2.45) is 0 Å². The Morgan fingerprint density at radius 3 is 3.15 bits per heavy atom. The Morgan fingerprint density at radius 1 is 1.42 bits per heavy atom. The summed E-state index contributed by atoms with van der Waals surface area (Å²) in [5.41, 5.74) is 2.81. The molecule has 3 heterocycles. The topological polar surface area (TPSA) is 104 Å². The molecule has 3 aromatic rings. The highest BCUT2D eigenvalue weighted by molar-refractivity contribution is 6.02. The van der Waals surface area contributed by atoms with Gasteiger partial charge < -0.3 is 15.0 Å². The third-order valence-corrected chi connectivity index (χ3v) is 4.62. The summed E-state index contributed by atoms with van der Waals surface area (Å²) in [6.45, 7) is 1.31. The molecule has 132 valence electrons. The van der Waals surface area contributed by atoms with Crippen molar-refractivity contribution in [1.29, 1.82) is 5.26 Å². The quantitative estimate of drug-likeness (QED) is 0.751. The normalized spacial score (nSPS) is 17.3. The number of nitrogens with zero attached hydrogens (tertiary/aromatic N) is 3. The van der Waals surface area contributed by atoms with Crippen molar-refractivity contribution in [3.8, 4) is 6.07 Å². The van der Waals surface area contributed by atoms with Crippen molar-refractivity contribution in [3.63, 3.8) is 0 Å². The average Bonchev–Trinajstić information content (AvgIpc) is 3.09. The predicted molar refractivity (Wildman–Crippen MR) is 96.4 cm³/mol. The van der Waals surface area contributed by atoms with Crippen LogP contribution in [0.1, 0.15) is 30.7 Å². The molecule has 0 radical (unpaired) electrons. The molecule has 7 heteroatoms. The third-order valence-electron chi connectivity index (χ3n) is 4.62. The fraction of sp³-hybridized carbons (Fsp3) is 0.368. The second-order valence-corrected chi connectivity index (χ2v) is 6.52. The average molecular weight is 349 g/mol. The molecular weight excluding hydrogens is 330 g/mol. The van der Waals surface area contributed by atoms with E-state index in [1.54, 1.807) is 24.4 Å². The first-order chi connectivity index (χ1) is 12.7. The smallest absolute Gasteiger partial charge is 0.227 e. The summed E-state index contributed by atoms with van der Waals surface area (Å²) in [4.78, 5) is 24.3. The van der Waals surface area contributed by atoms with E-state index >= 15 is 0 Å². The maximum absolute atomic E-state index is 12.2. The second-order valence-electron chi connectivity index (χ2n) is 6.52. The number of ether oxygens (including phenoxy) is 1. The third kappa shape index (κ3) is 3.37. The predicted octanol–water partition coefficient (Wildman–Crippen LogP) is 2.21. The first-order valence-electron chi connectivity index (χ1n) is 8.78. The largest absolute Gasteiger partial charge is 0.376 e. The minimum atomic E-state index is -0.0896. The molecule has 0 spiro atoms. The number of aromatic nitrogens is 3. The summed E-state index contributed by atoms with van der Waals surface area (Å²) in [6, 6.07) is 7.44. The van der Waals surface area contributed by atoms with Crippen LogP contribution >= 0.6 is 0 Å². The standard InChI is InChI=1S/C19H19N5O2/c20-9-12-4-5-15-14(7-12)19-16(11-21-15)23-17(24-19)8-18(25)22-10-13-3-1-2-6-26-13/h4-5,7,11,13H,1-3,6,8,10H2,(H,22,25)(H,23,24). The Balaban J connectivity index is 1.50. The Labute approximate surface area is 150 Å². The number of H-pyrrole nitrogens is 1. The summed E-state index contributed by atoms with van der Waals surface area (Å²) in [5, 5.41) is 12.8. The van der Waals surface area contributed by atoms with Crippen molar-refractivity contribution in [3.05, 3.63) is 35.8 Å². The number of pyridine rings is 1. The fourth-order valence-corrected chi connectivity index (χ4v) is 3.27. The van der Waals surface area contributed by atoms with Gasteiger partial charge in [0.25, 0.3) is 0 Å². The summed E-state index contributed by atoms with van der Waals surface area (Å²) in [5.74, 6) is 0.493. The van der Waals surface area contributed by atoms with Crippen LogP contribution in [0, 0.1) is 11.3 Å². The van der Waals surface area contributed by atoms with Crippen LogP contribution in [0.25, 0.3) is 21.9 Å². The number of hydrogen-bond acceptors (Lipinski definition) is 5. The number of aromatic amines is 1. The number of carbonyl (C=O) groups is 1. The Morgan fingerprint density at radius 2 is 2.35 bits per heavy atom. The van der Waals surface area contributed by atoms with Gasteiger partial charge in [-0.1, -0.05) is 0 Å². The molecule has 2 N–H and O–H groups in total. The van der Waals surface area contributed by atoms with E-state index in [2.05, 4.69) is 26.3 Å². The van der Waals surface area contributed by atoms with Crippen LogP contribution < -0.4 is 5.32 Å². The van der Waals surface area contributed by atoms with Gasteiger partial charge in [-0.2, -0.15) is 5.26 Å². The van der Waals surface area contributed by atoms with Gasteiger partial charge in [-0.05, 0) is 37.5 Å². The molecule has 4 rings (SSSR count). The van der Waals surface area contributed by atoms with Gasteiger partial charge in [0.15, 0.2) is 0 Å². The molecule has 1 amide bonds. The summed E-state index contributed by atoms with van der Waals surface area (Å²) in [7, 11) is 0. The Kier molecular flexibility index (Phi) is 4.50. The zero-order chi connectivity index (χ0) is 17.9. The van der Waals surface area contributed by atoms with E-state index in [1.165, 1.54) is 0 Å². The number of benzene rings is 1. The Bertz CT molecular complexity index is 998. The number of nitrogens with one attached hydrogen (secondary N) is 2. The molecule has 0 saturated carbocycles. The van der Waals surface area contributed by atoms with Gasteiger partial charge in [-0.15, -0.1) is 0 Å². The Hall–Kier alpha value is -2.98. The van der Waals surface area contributed by atoms with Gasteiger partial charge >= 0.3 is 0 Å². The van der Waals surface area contributed by atoms with Crippen molar-refractivity contribution in [2.45, 2.75) is 31.8 Å². The van der Waals surface area contributed by atoms with E-state index in [0.717, 1.165) is 47.8 Å². The minimum absolute atomic E-state index is 0.0896. The van der Waals surface area contributed by atoms with Crippen LogP contribution in [0.5, 0.6) is 0 Å². The lowest BCUT2D eigenvalue weighted by molar-refractivity contribution is -0.121. The van der Waals surface area contributed by atoms with Crippen LogP contribution in [0.15, 0.2) is 24.4 Å². The van der Waals surface area contributed by atoms with Crippen molar-refractivity contribution < 1.29 is 9.53 Å². The zero-order valence-corrected chi connectivity index (χ0v) is 14.3. The molecule has 1 unspecified atom stereocenters. The summed E-state index contributed by atoms with van der Waals surface area (Å²) < 4.78 is 5.62. The van der Waals surface area contributed by atoms with Gasteiger partial charge in [-0.3, -0.25) is 9.78 Å². The molecule has 1 saturated heterocycles. The summed E-state index contributed by atoms with van der Waals surface area (Å²) >= 11 is 0. The number of nitriles is 1. The van der Waals surface area contributed by atoms with Crippen LogP contribution in [-0.2, 0) is 16.0 Å². The van der Waals surface area contributed by atoms with Gasteiger partial charge in [0.1, 0.15) is 5.82 Å². The van der Waals surface area contributed by atoms with Gasteiger partial charge in [-0.25, -0.2) is 4.98 Å². The lowest BCUT2D eigenvalue weighted by Crippen LogP contribution is -2.36. The molecule has 1 fully saturated rings. The molecule has 7 nitrogen and oxygen atoms in total. The first-order valence-corrected chi connectivity index (χ1v) is 8.78. The fourth-order valence-electron chi connectivity index (χ4n) is 3.27. The number of rotatable bonds is 4. The monoisotopic (exact) mass is 349 g/mol. The van der Waals surface area contributed by atoms with E-state index < -0.39 is 0 Å². The van der Waals surface area contributed by atoms with E-state index in [0.29, 0.717) is 17.9 Å². The first kappa shape index (κ1) is 16.5. The van der Waals surface area contributed by atoms with E-state index in [4.69, 9.17) is 10.00 Å². The van der Waals surface area contributed by atoms with Gasteiger partial charge in [0, 0.05) is 18.5 Å².